The second-order valence-corrected chi connectivity index (χ2v) is 3.68. The van der Waals surface area contributed by atoms with Crippen LogP contribution in [0.2, 0.25) is 0 Å². The second-order valence-electron chi connectivity index (χ2n) is 3.68. The van der Waals surface area contributed by atoms with Gasteiger partial charge >= 0.3 is 0 Å². The molecule has 5 heteroatoms. The highest BCUT2D eigenvalue weighted by Crippen LogP contribution is 1.97. The molecule has 0 aromatic carbocycles. The number of nitrogens with one attached hydrogen (secondary N) is 2. The predicted molar refractivity (Wildman–Crippen MR) is 58.1 cm³/mol. The number of carbonyl (C=O) groups excluding carboxylic acids is 1. The monoisotopic (exact) mass is 210 g/mol. The average molecular weight is 210 g/mol. The largest absolute Gasteiger partial charge is 0.356 e. The normalized spacial score (nSPS) is 12.4. The van der Waals surface area contributed by atoms with Gasteiger partial charge in [-0.3, -0.25) is 4.79 Å². The van der Waals surface area contributed by atoms with Crippen LogP contribution in [-0.2, 0) is 11.2 Å². The van der Waals surface area contributed by atoms with Crippen LogP contribution in [0.25, 0.3) is 0 Å². The number of nitrogens with two attached hydrogens (primary N) is 1. The van der Waals surface area contributed by atoms with E-state index in [1.165, 1.54) is 0 Å². The molecule has 0 saturated heterocycles. The Morgan fingerprint density at radius 2 is 2.53 bits per heavy atom. The van der Waals surface area contributed by atoms with Gasteiger partial charge in [-0.2, -0.15) is 0 Å². The first-order valence-corrected chi connectivity index (χ1v) is 5.17. The molecule has 1 aromatic heterocycles. The molecule has 1 aromatic rings. The zero-order chi connectivity index (χ0) is 11.1. The first-order chi connectivity index (χ1) is 7.22. The molecule has 0 fully saturated rings. The number of nitrogens with zero attached hydrogens (tertiary/aromatic N) is 1. The quantitative estimate of drug-likeness (QED) is 0.620. The number of aromatic amines is 1. The smallest absolute Gasteiger partial charge is 0.220 e. The number of imidazole rings is 1. The lowest BCUT2D eigenvalue weighted by Crippen LogP contribution is -2.28. The molecule has 0 aliphatic heterocycles. The van der Waals surface area contributed by atoms with Gasteiger partial charge in [0, 0.05) is 31.8 Å². The Morgan fingerprint density at radius 1 is 1.73 bits per heavy atom. The van der Waals surface area contributed by atoms with Crippen molar-refractivity contribution in [1.82, 2.24) is 15.3 Å². The molecule has 84 valence electrons. The standard InChI is InChI=1S/C10H18N4O/c1-8(7-11)6-10(15)14-3-2-9-12-4-5-13-9/h4-5,8H,2-3,6-7,11H2,1H3,(H,12,13)(H,14,15). The lowest BCUT2D eigenvalue weighted by Gasteiger charge is -2.08. The molecule has 0 aliphatic carbocycles. The van der Waals surface area contributed by atoms with Crippen molar-refractivity contribution in [2.24, 2.45) is 11.7 Å². The maximum absolute atomic E-state index is 11.3. The minimum atomic E-state index is 0.0551. The first-order valence-electron chi connectivity index (χ1n) is 5.17. The van der Waals surface area contributed by atoms with Gasteiger partial charge in [0.1, 0.15) is 5.82 Å². The number of aromatic nitrogens is 2. The Bertz CT molecular complexity index is 284. The molecular formula is C10H18N4O. The number of amides is 1. The van der Waals surface area contributed by atoms with E-state index in [0.29, 0.717) is 19.5 Å². The van der Waals surface area contributed by atoms with Crippen LogP contribution in [0.5, 0.6) is 0 Å². The summed E-state index contributed by atoms with van der Waals surface area (Å²) in [5.41, 5.74) is 5.43. The molecule has 0 radical (unpaired) electrons. The molecule has 15 heavy (non-hydrogen) atoms. The van der Waals surface area contributed by atoms with Gasteiger partial charge in [-0.05, 0) is 12.5 Å². The molecule has 1 rings (SSSR count). The van der Waals surface area contributed by atoms with Crippen LogP contribution in [0.15, 0.2) is 12.4 Å². The van der Waals surface area contributed by atoms with E-state index in [0.717, 1.165) is 12.2 Å². The third-order valence-electron chi connectivity index (χ3n) is 2.18. The fraction of sp³-hybridized carbons (Fsp3) is 0.600. The molecule has 1 unspecified atom stereocenters. The van der Waals surface area contributed by atoms with Gasteiger partial charge in [0.05, 0.1) is 0 Å². The predicted octanol–water partition coefficient (Wildman–Crippen LogP) is 0.0533. The molecule has 0 aliphatic rings. The zero-order valence-corrected chi connectivity index (χ0v) is 8.99. The number of hydrogen-bond donors (Lipinski definition) is 3. The van der Waals surface area contributed by atoms with Gasteiger partial charge in [-0.15, -0.1) is 0 Å². The molecule has 0 spiro atoms. The molecule has 0 bridgehead atoms. The molecular weight excluding hydrogens is 192 g/mol. The van der Waals surface area contributed by atoms with Crippen molar-refractivity contribution in [2.45, 2.75) is 19.8 Å². The molecule has 5 nitrogen and oxygen atoms in total. The molecule has 1 atom stereocenters. The highest BCUT2D eigenvalue weighted by atomic mass is 16.1. The third kappa shape index (κ3) is 4.60. The minimum absolute atomic E-state index is 0.0551. The van der Waals surface area contributed by atoms with E-state index in [4.69, 9.17) is 5.73 Å². The van der Waals surface area contributed by atoms with E-state index in [9.17, 15) is 4.79 Å². The van der Waals surface area contributed by atoms with Crippen molar-refractivity contribution in [2.75, 3.05) is 13.1 Å². The Morgan fingerprint density at radius 3 is 3.13 bits per heavy atom. The third-order valence-corrected chi connectivity index (χ3v) is 2.18. The summed E-state index contributed by atoms with van der Waals surface area (Å²) in [6.45, 7) is 3.13. The fourth-order valence-corrected chi connectivity index (χ4v) is 1.23. The summed E-state index contributed by atoms with van der Waals surface area (Å²) in [7, 11) is 0. The van der Waals surface area contributed by atoms with Crippen LogP contribution in [0.3, 0.4) is 0 Å². The van der Waals surface area contributed by atoms with Crippen LogP contribution in [-0.4, -0.2) is 29.0 Å². The number of rotatable bonds is 6. The van der Waals surface area contributed by atoms with Crippen LogP contribution in [0.4, 0.5) is 0 Å². The van der Waals surface area contributed by atoms with Gasteiger partial charge in [-0.1, -0.05) is 6.92 Å². The summed E-state index contributed by atoms with van der Waals surface area (Å²) in [5, 5.41) is 2.83. The van der Waals surface area contributed by atoms with Crippen LogP contribution < -0.4 is 11.1 Å². The zero-order valence-electron chi connectivity index (χ0n) is 8.99. The van der Waals surface area contributed by atoms with E-state index >= 15 is 0 Å². The lowest BCUT2D eigenvalue weighted by atomic mass is 10.1. The van der Waals surface area contributed by atoms with Crippen LogP contribution >= 0.6 is 0 Å². The maximum atomic E-state index is 11.3. The topological polar surface area (TPSA) is 83.8 Å². The van der Waals surface area contributed by atoms with Crippen LogP contribution in [0, 0.1) is 5.92 Å². The second kappa shape index (κ2) is 6.19. The Kier molecular flexibility index (Phi) is 4.83. The summed E-state index contributed by atoms with van der Waals surface area (Å²) >= 11 is 0. The SMILES string of the molecule is CC(CN)CC(=O)NCCc1ncc[nH]1. The highest BCUT2D eigenvalue weighted by molar-refractivity contribution is 5.76. The van der Waals surface area contributed by atoms with Crippen molar-refractivity contribution >= 4 is 5.91 Å². The van der Waals surface area contributed by atoms with E-state index in [-0.39, 0.29) is 11.8 Å². The van der Waals surface area contributed by atoms with Gasteiger partial charge in [0.25, 0.3) is 0 Å². The van der Waals surface area contributed by atoms with Gasteiger partial charge in [0.2, 0.25) is 5.91 Å². The highest BCUT2D eigenvalue weighted by Gasteiger charge is 2.06. The Hall–Kier alpha value is -1.36. The molecule has 1 amide bonds. The van der Waals surface area contributed by atoms with Crippen molar-refractivity contribution in [1.29, 1.82) is 0 Å². The van der Waals surface area contributed by atoms with E-state index in [1.807, 2.05) is 6.92 Å². The van der Waals surface area contributed by atoms with E-state index < -0.39 is 0 Å². The summed E-state index contributed by atoms with van der Waals surface area (Å²) in [5.74, 6) is 1.19. The Labute approximate surface area is 89.5 Å². The summed E-state index contributed by atoms with van der Waals surface area (Å²) in [6.07, 6.45) is 4.70. The molecule has 0 saturated carbocycles. The number of hydrogen-bond acceptors (Lipinski definition) is 3. The first kappa shape index (κ1) is 11.7. The van der Waals surface area contributed by atoms with E-state index in [1.54, 1.807) is 12.4 Å². The lowest BCUT2D eigenvalue weighted by molar-refractivity contribution is -0.121. The summed E-state index contributed by atoms with van der Waals surface area (Å²) < 4.78 is 0. The number of carbonyl (C=O) groups is 1. The van der Waals surface area contributed by atoms with Crippen molar-refractivity contribution in [3.05, 3.63) is 18.2 Å². The number of H-pyrrole nitrogens is 1. The van der Waals surface area contributed by atoms with Gasteiger partial charge < -0.3 is 16.0 Å². The van der Waals surface area contributed by atoms with Crippen molar-refractivity contribution < 1.29 is 4.79 Å². The summed E-state index contributed by atoms with van der Waals surface area (Å²) in [4.78, 5) is 18.4. The van der Waals surface area contributed by atoms with Gasteiger partial charge in [0.15, 0.2) is 0 Å². The minimum Gasteiger partial charge on any atom is -0.356 e. The summed E-state index contributed by atoms with van der Waals surface area (Å²) in [6, 6.07) is 0. The molecule has 4 N–H and O–H groups in total. The molecule has 1 heterocycles. The maximum Gasteiger partial charge on any atom is 0.220 e. The fourth-order valence-electron chi connectivity index (χ4n) is 1.23. The average Bonchev–Trinajstić information content (AvgIpc) is 2.70. The van der Waals surface area contributed by atoms with Gasteiger partial charge in [-0.25, -0.2) is 4.98 Å². The van der Waals surface area contributed by atoms with Crippen molar-refractivity contribution in [3.63, 3.8) is 0 Å². The van der Waals surface area contributed by atoms with Crippen molar-refractivity contribution in [3.8, 4) is 0 Å². The van der Waals surface area contributed by atoms with E-state index in [2.05, 4.69) is 15.3 Å². The Balaban J connectivity index is 2.12. The van der Waals surface area contributed by atoms with Crippen LogP contribution in [0.1, 0.15) is 19.2 Å².